The molecule has 3 rings (SSSR count). The molecule has 1 N–H and O–H groups in total. The van der Waals surface area contributed by atoms with Crippen LogP contribution in [0.4, 0.5) is 5.69 Å². The molecule has 5 heteroatoms. The summed E-state index contributed by atoms with van der Waals surface area (Å²) < 4.78 is 10.2. The zero-order valence-electron chi connectivity index (χ0n) is 15.6. The van der Waals surface area contributed by atoms with E-state index in [0.29, 0.717) is 23.6 Å². The van der Waals surface area contributed by atoms with E-state index in [1.807, 2.05) is 54.6 Å². The van der Waals surface area contributed by atoms with Gasteiger partial charge in [0.1, 0.15) is 11.5 Å². The fourth-order valence-corrected chi connectivity index (χ4v) is 2.66. The van der Waals surface area contributed by atoms with Crippen LogP contribution in [0.1, 0.15) is 17.9 Å². The van der Waals surface area contributed by atoms with Crippen molar-refractivity contribution in [3.8, 4) is 11.1 Å². The number of anilines is 1. The molecule has 3 aromatic rings. The normalized spacial score (nSPS) is 10.8. The van der Waals surface area contributed by atoms with Crippen LogP contribution >= 0.6 is 0 Å². The van der Waals surface area contributed by atoms with Crippen molar-refractivity contribution < 1.29 is 18.7 Å². The highest BCUT2D eigenvalue weighted by Gasteiger charge is 2.05. The zero-order chi connectivity index (χ0) is 19.8. The SMILES string of the molecule is COC(=O)CCc1ccc(/C=C/C(=O)Nc2ccc(-c3ccccc3)cc2)o1. The number of amides is 1. The van der Waals surface area contributed by atoms with Crippen molar-refractivity contribution in [2.45, 2.75) is 12.8 Å². The Bertz CT molecular complexity index is 956. The van der Waals surface area contributed by atoms with Crippen LogP contribution in [0.5, 0.6) is 0 Å². The molecule has 1 heterocycles. The van der Waals surface area contributed by atoms with Gasteiger partial charge in [0.25, 0.3) is 0 Å². The van der Waals surface area contributed by atoms with E-state index < -0.39 is 0 Å². The Kier molecular flexibility index (Phi) is 6.41. The first-order valence-electron chi connectivity index (χ1n) is 8.94. The summed E-state index contributed by atoms with van der Waals surface area (Å²) in [5.74, 6) is 0.683. The molecule has 0 saturated carbocycles. The molecule has 0 fully saturated rings. The van der Waals surface area contributed by atoms with Gasteiger partial charge >= 0.3 is 5.97 Å². The molecule has 0 atom stereocenters. The largest absolute Gasteiger partial charge is 0.469 e. The summed E-state index contributed by atoms with van der Waals surface area (Å²) in [7, 11) is 1.35. The number of rotatable bonds is 7. The second-order valence-electron chi connectivity index (χ2n) is 6.15. The third-order valence-electron chi connectivity index (χ3n) is 4.14. The number of carbonyl (C=O) groups is 2. The molecule has 0 aliphatic heterocycles. The summed E-state index contributed by atoms with van der Waals surface area (Å²) in [4.78, 5) is 23.3. The van der Waals surface area contributed by atoms with E-state index in [4.69, 9.17) is 4.42 Å². The Morgan fingerprint density at radius 3 is 2.39 bits per heavy atom. The van der Waals surface area contributed by atoms with Gasteiger partial charge in [-0.3, -0.25) is 9.59 Å². The van der Waals surface area contributed by atoms with Crippen LogP contribution < -0.4 is 5.32 Å². The monoisotopic (exact) mass is 375 g/mol. The third kappa shape index (κ3) is 5.45. The predicted molar refractivity (Wildman–Crippen MR) is 109 cm³/mol. The highest BCUT2D eigenvalue weighted by atomic mass is 16.5. The van der Waals surface area contributed by atoms with Crippen molar-refractivity contribution in [2.75, 3.05) is 12.4 Å². The Morgan fingerprint density at radius 1 is 0.964 bits per heavy atom. The van der Waals surface area contributed by atoms with Crippen LogP contribution in [0.25, 0.3) is 17.2 Å². The summed E-state index contributed by atoms with van der Waals surface area (Å²) in [6.07, 6.45) is 3.72. The van der Waals surface area contributed by atoms with Crippen LogP contribution in [0.15, 0.2) is 77.2 Å². The van der Waals surface area contributed by atoms with Gasteiger partial charge in [-0.2, -0.15) is 0 Å². The van der Waals surface area contributed by atoms with E-state index >= 15 is 0 Å². The van der Waals surface area contributed by atoms with Gasteiger partial charge in [0.05, 0.1) is 13.5 Å². The van der Waals surface area contributed by atoms with Crippen LogP contribution in [-0.4, -0.2) is 19.0 Å². The maximum absolute atomic E-state index is 12.1. The van der Waals surface area contributed by atoms with Crippen LogP contribution in [0, 0.1) is 0 Å². The lowest BCUT2D eigenvalue weighted by Gasteiger charge is -2.05. The predicted octanol–water partition coefficient (Wildman–Crippen LogP) is 4.70. The summed E-state index contributed by atoms with van der Waals surface area (Å²) in [5, 5.41) is 2.82. The molecule has 5 nitrogen and oxygen atoms in total. The number of benzene rings is 2. The number of methoxy groups -OCH3 is 1. The lowest BCUT2D eigenvalue weighted by atomic mass is 10.1. The Labute approximate surface area is 163 Å². The van der Waals surface area contributed by atoms with Gasteiger partial charge in [-0.15, -0.1) is 0 Å². The Hall–Kier alpha value is -3.60. The molecule has 142 valence electrons. The first-order valence-corrected chi connectivity index (χ1v) is 8.94. The molecule has 0 unspecified atom stereocenters. The Morgan fingerprint density at radius 2 is 1.68 bits per heavy atom. The minimum absolute atomic E-state index is 0.250. The first-order chi connectivity index (χ1) is 13.6. The molecule has 0 bridgehead atoms. The molecule has 0 spiro atoms. The van der Waals surface area contributed by atoms with Gasteiger partial charge < -0.3 is 14.5 Å². The van der Waals surface area contributed by atoms with E-state index in [-0.39, 0.29) is 18.3 Å². The highest BCUT2D eigenvalue weighted by molar-refractivity contribution is 6.01. The topological polar surface area (TPSA) is 68.5 Å². The fourth-order valence-electron chi connectivity index (χ4n) is 2.66. The number of esters is 1. The van der Waals surface area contributed by atoms with Crippen LogP contribution in [0.3, 0.4) is 0 Å². The van der Waals surface area contributed by atoms with Crippen molar-refractivity contribution in [3.05, 3.63) is 84.3 Å². The molecule has 0 radical (unpaired) electrons. The smallest absolute Gasteiger partial charge is 0.305 e. The number of furan rings is 1. The third-order valence-corrected chi connectivity index (χ3v) is 4.14. The minimum atomic E-state index is -0.286. The van der Waals surface area contributed by atoms with E-state index in [0.717, 1.165) is 11.1 Å². The van der Waals surface area contributed by atoms with Crippen molar-refractivity contribution >= 4 is 23.6 Å². The van der Waals surface area contributed by atoms with Crippen molar-refractivity contribution in [1.82, 2.24) is 0 Å². The molecule has 1 aromatic heterocycles. The van der Waals surface area contributed by atoms with Crippen molar-refractivity contribution in [1.29, 1.82) is 0 Å². The van der Waals surface area contributed by atoms with Gasteiger partial charge in [0.15, 0.2) is 0 Å². The molecule has 0 saturated heterocycles. The average Bonchev–Trinajstić information content (AvgIpc) is 3.19. The zero-order valence-corrected chi connectivity index (χ0v) is 15.6. The number of ether oxygens (including phenoxy) is 1. The van der Waals surface area contributed by atoms with E-state index in [9.17, 15) is 9.59 Å². The van der Waals surface area contributed by atoms with E-state index in [1.165, 1.54) is 13.2 Å². The second-order valence-corrected chi connectivity index (χ2v) is 6.15. The molecule has 2 aromatic carbocycles. The van der Waals surface area contributed by atoms with Crippen LogP contribution in [-0.2, 0) is 20.7 Å². The summed E-state index contributed by atoms with van der Waals surface area (Å²) in [5.41, 5.74) is 2.93. The Balaban J connectivity index is 1.54. The summed E-state index contributed by atoms with van der Waals surface area (Å²) in [6.45, 7) is 0. The molecule has 28 heavy (non-hydrogen) atoms. The quantitative estimate of drug-likeness (QED) is 0.480. The van der Waals surface area contributed by atoms with Crippen molar-refractivity contribution in [3.63, 3.8) is 0 Å². The van der Waals surface area contributed by atoms with E-state index in [1.54, 1.807) is 18.2 Å². The number of aryl methyl sites for hydroxylation is 1. The lowest BCUT2D eigenvalue weighted by molar-refractivity contribution is -0.140. The minimum Gasteiger partial charge on any atom is -0.469 e. The summed E-state index contributed by atoms with van der Waals surface area (Å²) >= 11 is 0. The van der Waals surface area contributed by atoms with Gasteiger partial charge in [-0.25, -0.2) is 0 Å². The molecular weight excluding hydrogens is 354 g/mol. The van der Waals surface area contributed by atoms with Gasteiger partial charge in [-0.05, 0) is 41.5 Å². The van der Waals surface area contributed by atoms with Gasteiger partial charge in [0, 0.05) is 18.2 Å². The molecule has 0 aliphatic rings. The van der Waals surface area contributed by atoms with Crippen molar-refractivity contribution in [2.24, 2.45) is 0 Å². The number of nitrogens with one attached hydrogen (secondary N) is 1. The fraction of sp³-hybridized carbons (Fsp3) is 0.130. The first kappa shape index (κ1) is 19.2. The standard InChI is InChI=1S/C23H21NO4/c1-27-23(26)16-14-21-12-11-20(28-21)13-15-22(25)24-19-9-7-18(8-10-19)17-5-3-2-4-6-17/h2-13,15H,14,16H2,1H3,(H,24,25)/b15-13+. The molecule has 1 amide bonds. The van der Waals surface area contributed by atoms with Crippen LogP contribution in [0.2, 0.25) is 0 Å². The lowest BCUT2D eigenvalue weighted by Crippen LogP contribution is -2.07. The molecule has 0 aliphatic carbocycles. The second kappa shape index (κ2) is 9.37. The van der Waals surface area contributed by atoms with Gasteiger partial charge in [0.2, 0.25) is 5.91 Å². The maximum Gasteiger partial charge on any atom is 0.305 e. The summed E-state index contributed by atoms with van der Waals surface area (Å²) in [6, 6.07) is 21.2. The maximum atomic E-state index is 12.1. The van der Waals surface area contributed by atoms with Gasteiger partial charge in [-0.1, -0.05) is 42.5 Å². The van der Waals surface area contributed by atoms with E-state index in [2.05, 4.69) is 10.1 Å². The molecular formula is C23H21NO4. The number of carbonyl (C=O) groups excluding carboxylic acids is 2. The highest BCUT2D eigenvalue weighted by Crippen LogP contribution is 2.21. The number of hydrogen-bond donors (Lipinski definition) is 1. The number of hydrogen-bond acceptors (Lipinski definition) is 4. The average molecular weight is 375 g/mol.